The third kappa shape index (κ3) is 5.93. The van der Waals surface area contributed by atoms with Gasteiger partial charge in [0.1, 0.15) is 5.54 Å². The van der Waals surface area contributed by atoms with Crippen molar-refractivity contribution < 1.29 is 14.3 Å². The normalized spacial score (nSPS) is 22.8. The van der Waals surface area contributed by atoms with Crippen LogP contribution in [0.2, 0.25) is 0 Å². The highest BCUT2D eigenvalue weighted by Crippen LogP contribution is 2.17. The van der Waals surface area contributed by atoms with Crippen LogP contribution < -0.4 is 5.32 Å². The van der Waals surface area contributed by atoms with Crippen LogP contribution in [0, 0.1) is 0 Å². The first-order valence-electron chi connectivity index (χ1n) is 8.17. The number of carbonyl (C=O) groups excluding carboxylic acids is 1. The van der Waals surface area contributed by atoms with E-state index in [9.17, 15) is 4.79 Å². The van der Waals surface area contributed by atoms with Gasteiger partial charge in [-0.3, -0.25) is 4.79 Å². The molecule has 1 rings (SSSR count). The number of methoxy groups -OCH3 is 1. The van der Waals surface area contributed by atoms with Crippen LogP contribution in [-0.2, 0) is 14.3 Å². The highest BCUT2D eigenvalue weighted by Gasteiger charge is 2.31. The maximum atomic E-state index is 11.8. The fourth-order valence-corrected chi connectivity index (χ4v) is 2.96. The van der Waals surface area contributed by atoms with Crippen LogP contribution in [0.5, 0.6) is 0 Å². The maximum absolute atomic E-state index is 11.8. The van der Waals surface area contributed by atoms with Gasteiger partial charge in [0.05, 0.1) is 13.2 Å². The molecule has 1 N–H and O–H groups in total. The van der Waals surface area contributed by atoms with E-state index in [2.05, 4.69) is 17.1 Å². The zero-order valence-corrected chi connectivity index (χ0v) is 14.1. The van der Waals surface area contributed by atoms with Gasteiger partial charge >= 0.3 is 5.97 Å². The molecule has 21 heavy (non-hydrogen) atoms. The number of likely N-dealkylation sites (tertiary alicyclic amines) is 1. The van der Waals surface area contributed by atoms with E-state index in [-0.39, 0.29) is 5.97 Å². The van der Waals surface area contributed by atoms with E-state index >= 15 is 0 Å². The average Bonchev–Trinajstić information content (AvgIpc) is 2.51. The summed E-state index contributed by atoms with van der Waals surface area (Å²) in [7, 11) is 3.26. The van der Waals surface area contributed by atoms with Crippen LogP contribution in [0.15, 0.2) is 0 Å². The number of esters is 1. The smallest absolute Gasteiger partial charge is 0.325 e. The van der Waals surface area contributed by atoms with Crippen LogP contribution in [-0.4, -0.2) is 62.9 Å². The van der Waals surface area contributed by atoms with Gasteiger partial charge in [-0.05, 0) is 66.1 Å². The monoisotopic (exact) mass is 300 g/mol. The molecule has 0 aromatic rings. The second-order valence-corrected chi connectivity index (χ2v) is 6.05. The minimum atomic E-state index is -0.565. The molecule has 5 heteroatoms. The van der Waals surface area contributed by atoms with E-state index in [0.717, 1.165) is 39.0 Å². The summed E-state index contributed by atoms with van der Waals surface area (Å²) in [5.41, 5.74) is -0.565. The Morgan fingerprint density at radius 2 is 2.19 bits per heavy atom. The Morgan fingerprint density at radius 3 is 2.81 bits per heavy atom. The molecule has 0 saturated carbocycles. The van der Waals surface area contributed by atoms with Gasteiger partial charge in [0.2, 0.25) is 0 Å². The van der Waals surface area contributed by atoms with Crippen molar-refractivity contribution in [3.05, 3.63) is 0 Å². The topological polar surface area (TPSA) is 50.8 Å². The minimum Gasteiger partial charge on any atom is -0.468 e. The molecule has 0 aromatic carbocycles. The Labute approximate surface area is 129 Å². The maximum Gasteiger partial charge on any atom is 0.325 e. The van der Waals surface area contributed by atoms with Crippen molar-refractivity contribution >= 4 is 5.97 Å². The highest BCUT2D eigenvalue weighted by atomic mass is 16.5. The Morgan fingerprint density at radius 1 is 1.43 bits per heavy atom. The molecule has 5 nitrogen and oxygen atoms in total. The number of nitrogens with zero attached hydrogens (tertiary/aromatic N) is 1. The zero-order valence-electron chi connectivity index (χ0n) is 14.1. The van der Waals surface area contributed by atoms with Crippen LogP contribution in [0.1, 0.15) is 46.0 Å². The summed E-state index contributed by atoms with van der Waals surface area (Å²) >= 11 is 0. The molecule has 0 aromatic heterocycles. The second kappa shape index (κ2) is 9.38. The first-order valence-corrected chi connectivity index (χ1v) is 8.17. The third-order valence-corrected chi connectivity index (χ3v) is 4.45. The summed E-state index contributed by atoms with van der Waals surface area (Å²) in [6.45, 7) is 8.08. The van der Waals surface area contributed by atoms with Gasteiger partial charge in [-0.2, -0.15) is 0 Å². The minimum absolute atomic E-state index is 0.181. The molecule has 0 spiro atoms. The molecule has 0 aliphatic carbocycles. The van der Waals surface area contributed by atoms with Crippen molar-refractivity contribution in [3.63, 3.8) is 0 Å². The predicted octanol–water partition coefficient (Wildman–Crippen LogP) is 1.81. The van der Waals surface area contributed by atoms with E-state index in [1.54, 1.807) is 0 Å². The lowest BCUT2D eigenvalue weighted by atomic mass is 9.95. The number of ether oxygens (including phenoxy) is 2. The molecule has 2 unspecified atom stereocenters. The van der Waals surface area contributed by atoms with E-state index in [1.165, 1.54) is 26.5 Å². The molecule has 124 valence electrons. The van der Waals surface area contributed by atoms with Gasteiger partial charge < -0.3 is 19.7 Å². The van der Waals surface area contributed by atoms with Crippen LogP contribution >= 0.6 is 0 Å². The molecule has 0 bridgehead atoms. The average molecular weight is 300 g/mol. The van der Waals surface area contributed by atoms with Crippen molar-refractivity contribution in [3.8, 4) is 0 Å². The Balaban J connectivity index is 2.25. The molecular formula is C16H32N2O3. The summed E-state index contributed by atoms with van der Waals surface area (Å²) in [6.07, 6.45) is 5.74. The molecular weight excluding hydrogens is 268 g/mol. The van der Waals surface area contributed by atoms with Gasteiger partial charge in [0.15, 0.2) is 0 Å². The summed E-state index contributed by atoms with van der Waals surface area (Å²) in [5.74, 6) is -0.181. The highest BCUT2D eigenvalue weighted by molar-refractivity contribution is 5.80. The summed E-state index contributed by atoms with van der Waals surface area (Å²) in [5, 5.41) is 3.08. The summed E-state index contributed by atoms with van der Waals surface area (Å²) < 4.78 is 10.6. The van der Waals surface area contributed by atoms with Crippen molar-refractivity contribution in [1.29, 1.82) is 0 Å². The lowest BCUT2D eigenvalue weighted by Gasteiger charge is -2.32. The van der Waals surface area contributed by atoms with Gasteiger partial charge in [-0.25, -0.2) is 0 Å². The van der Waals surface area contributed by atoms with E-state index in [1.807, 2.05) is 14.0 Å². The van der Waals surface area contributed by atoms with Crippen molar-refractivity contribution in [2.45, 2.75) is 57.6 Å². The van der Waals surface area contributed by atoms with Crippen molar-refractivity contribution in [1.82, 2.24) is 10.2 Å². The molecule has 2 atom stereocenters. The SMILES string of the molecule is CCOC1CCCN(CCCCC(C)(NC)C(=O)OC)C1. The van der Waals surface area contributed by atoms with Gasteiger partial charge in [0.25, 0.3) is 0 Å². The van der Waals surface area contributed by atoms with Gasteiger partial charge in [-0.1, -0.05) is 0 Å². The number of hydrogen-bond acceptors (Lipinski definition) is 5. The predicted molar refractivity (Wildman–Crippen MR) is 84.4 cm³/mol. The third-order valence-electron chi connectivity index (χ3n) is 4.45. The largest absolute Gasteiger partial charge is 0.468 e. The number of nitrogens with one attached hydrogen (secondary N) is 1. The Bertz CT molecular complexity index is 310. The number of rotatable bonds is 9. The van der Waals surface area contributed by atoms with Crippen molar-refractivity contribution in [2.24, 2.45) is 0 Å². The van der Waals surface area contributed by atoms with E-state index in [0.29, 0.717) is 6.10 Å². The number of hydrogen-bond donors (Lipinski definition) is 1. The molecule has 1 saturated heterocycles. The first-order chi connectivity index (χ1) is 10.1. The number of unbranched alkanes of at least 4 members (excludes halogenated alkanes) is 1. The molecule has 0 amide bonds. The molecule has 0 radical (unpaired) electrons. The molecule has 1 aliphatic heterocycles. The lowest BCUT2D eigenvalue weighted by molar-refractivity contribution is -0.148. The molecule has 1 aliphatic rings. The first kappa shape index (κ1) is 18.4. The number of piperidine rings is 1. The Kier molecular flexibility index (Phi) is 8.22. The van der Waals surface area contributed by atoms with Crippen LogP contribution in [0.4, 0.5) is 0 Å². The molecule has 1 fully saturated rings. The van der Waals surface area contributed by atoms with E-state index < -0.39 is 5.54 Å². The summed E-state index contributed by atoms with van der Waals surface area (Å²) in [4.78, 5) is 14.2. The second-order valence-electron chi connectivity index (χ2n) is 6.05. The zero-order chi connectivity index (χ0) is 15.7. The van der Waals surface area contributed by atoms with Gasteiger partial charge in [0, 0.05) is 13.2 Å². The van der Waals surface area contributed by atoms with Gasteiger partial charge in [-0.15, -0.1) is 0 Å². The fourth-order valence-electron chi connectivity index (χ4n) is 2.96. The van der Waals surface area contributed by atoms with Crippen LogP contribution in [0.25, 0.3) is 0 Å². The quantitative estimate of drug-likeness (QED) is 0.520. The molecule has 1 heterocycles. The van der Waals surface area contributed by atoms with E-state index in [4.69, 9.17) is 9.47 Å². The number of carbonyl (C=O) groups is 1. The van der Waals surface area contributed by atoms with Crippen LogP contribution in [0.3, 0.4) is 0 Å². The fraction of sp³-hybridized carbons (Fsp3) is 0.938. The lowest BCUT2D eigenvalue weighted by Crippen LogP contribution is -2.48. The standard InChI is InChI=1S/C16H32N2O3/c1-5-21-14-9-8-12-18(13-14)11-7-6-10-16(2,17-3)15(19)20-4/h14,17H,5-13H2,1-4H3. The number of likely N-dealkylation sites (N-methyl/N-ethyl adjacent to an activating group) is 1. The van der Waals surface area contributed by atoms with Crippen molar-refractivity contribution in [2.75, 3.05) is 40.4 Å². The Hall–Kier alpha value is -0.650. The summed E-state index contributed by atoms with van der Waals surface area (Å²) in [6, 6.07) is 0.